The number of rotatable bonds is 6. The van der Waals surface area contributed by atoms with E-state index in [9.17, 15) is 0 Å². The third-order valence-electron chi connectivity index (χ3n) is 3.99. The number of piperidine rings is 1. The Morgan fingerprint density at radius 3 is 2.96 bits per heavy atom. The lowest BCUT2D eigenvalue weighted by atomic mass is 9.95. The second-order valence-corrected chi connectivity index (χ2v) is 5.51. The minimum atomic E-state index is 0.629. The van der Waals surface area contributed by atoms with E-state index in [1.807, 2.05) is 6.08 Å². The van der Waals surface area contributed by atoms with Crippen LogP contribution in [0.1, 0.15) is 12.8 Å². The highest BCUT2D eigenvalue weighted by Crippen LogP contribution is 2.23. The van der Waals surface area contributed by atoms with Gasteiger partial charge in [0.1, 0.15) is 0 Å². The molecule has 0 bridgehead atoms. The Morgan fingerprint density at radius 2 is 2.26 bits per heavy atom. The molecule has 0 aromatic rings. The lowest BCUT2D eigenvalue weighted by Gasteiger charge is -2.25. The Hall–Kier alpha value is -2.47. The van der Waals surface area contributed by atoms with Crippen molar-refractivity contribution in [2.24, 2.45) is 16.0 Å². The Kier molecular flexibility index (Phi) is 6.50. The standard InChI is InChI=1S/C17H24N6/c1-13-16(15(9-18)11-19-2)12-23-22-8-5-17(13)21-10-14-3-6-20-7-4-14/h5,8-9,11-12,14,18,20-21,23H,1-4,6-7,10H2/b15-11+,16-12+,17-5+,18-9?,22-8-. The zero-order chi connectivity index (χ0) is 16.5. The zero-order valence-corrected chi connectivity index (χ0v) is 13.3. The van der Waals surface area contributed by atoms with E-state index in [2.05, 4.69) is 39.4 Å². The maximum atomic E-state index is 7.57. The average molecular weight is 312 g/mol. The predicted molar refractivity (Wildman–Crippen MR) is 96.9 cm³/mol. The van der Waals surface area contributed by atoms with Gasteiger partial charge in [-0.3, -0.25) is 10.4 Å². The molecule has 2 rings (SSSR count). The fourth-order valence-electron chi connectivity index (χ4n) is 2.64. The molecule has 23 heavy (non-hydrogen) atoms. The van der Waals surface area contributed by atoms with Gasteiger partial charge < -0.3 is 16.0 Å². The van der Waals surface area contributed by atoms with Crippen molar-refractivity contribution in [3.8, 4) is 0 Å². The molecule has 1 saturated heterocycles. The lowest BCUT2D eigenvalue weighted by molar-refractivity contribution is 0.367. The summed E-state index contributed by atoms with van der Waals surface area (Å²) < 4.78 is 0. The van der Waals surface area contributed by atoms with E-state index >= 15 is 0 Å². The van der Waals surface area contributed by atoms with E-state index < -0.39 is 0 Å². The number of hydrazone groups is 1. The smallest absolute Gasteiger partial charge is 0.0492 e. The van der Waals surface area contributed by atoms with E-state index in [-0.39, 0.29) is 0 Å². The van der Waals surface area contributed by atoms with Crippen LogP contribution in [-0.2, 0) is 0 Å². The van der Waals surface area contributed by atoms with Crippen LogP contribution in [0.2, 0.25) is 0 Å². The monoisotopic (exact) mass is 312 g/mol. The Bertz CT molecular complexity index is 576. The fraction of sp³-hybridized carbons (Fsp3) is 0.353. The molecule has 0 amide bonds. The second kappa shape index (κ2) is 8.85. The molecule has 0 radical (unpaired) electrons. The highest BCUT2D eigenvalue weighted by Gasteiger charge is 2.16. The molecule has 1 fully saturated rings. The van der Waals surface area contributed by atoms with E-state index in [1.165, 1.54) is 19.1 Å². The summed E-state index contributed by atoms with van der Waals surface area (Å²) in [4.78, 5) is 3.76. The van der Waals surface area contributed by atoms with Crippen LogP contribution in [0.5, 0.6) is 0 Å². The molecule has 0 spiro atoms. The van der Waals surface area contributed by atoms with Crippen LogP contribution in [0.15, 0.2) is 57.6 Å². The number of hydrogen-bond donors (Lipinski definition) is 4. The molecule has 6 heteroatoms. The van der Waals surface area contributed by atoms with Crippen molar-refractivity contribution >= 4 is 19.1 Å². The van der Waals surface area contributed by atoms with Gasteiger partial charge in [-0.05, 0) is 50.2 Å². The second-order valence-electron chi connectivity index (χ2n) is 5.51. The summed E-state index contributed by atoms with van der Waals surface area (Å²) in [5, 5.41) is 18.5. The van der Waals surface area contributed by atoms with Gasteiger partial charge >= 0.3 is 0 Å². The van der Waals surface area contributed by atoms with Crippen molar-refractivity contribution in [3.63, 3.8) is 0 Å². The molecule has 122 valence electrons. The predicted octanol–water partition coefficient (Wildman–Crippen LogP) is 1.72. The van der Waals surface area contributed by atoms with Crippen LogP contribution in [0.4, 0.5) is 0 Å². The van der Waals surface area contributed by atoms with Gasteiger partial charge in [0.2, 0.25) is 0 Å². The van der Waals surface area contributed by atoms with Crippen molar-refractivity contribution < 1.29 is 0 Å². The SMILES string of the molecule is C=N/C=C(C=N)/C1=C/N/N=C\C=C(\NCC2CCNCC2)C1=C. The molecular formula is C17H24N6. The molecule has 0 saturated carbocycles. The van der Waals surface area contributed by atoms with Crippen molar-refractivity contribution in [1.82, 2.24) is 16.1 Å². The van der Waals surface area contributed by atoms with Crippen LogP contribution in [0, 0.1) is 11.3 Å². The molecule has 4 N–H and O–H groups in total. The molecular weight excluding hydrogens is 288 g/mol. The molecule has 0 atom stereocenters. The highest BCUT2D eigenvalue weighted by atomic mass is 15.3. The average Bonchev–Trinajstić information content (AvgIpc) is 2.58. The first-order valence-corrected chi connectivity index (χ1v) is 7.76. The van der Waals surface area contributed by atoms with E-state index in [4.69, 9.17) is 5.41 Å². The Balaban J connectivity index is 2.12. The molecule has 0 unspecified atom stereocenters. The molecule has 2 heterocycles. The molecule has 0 aromatic carbocycles. The minimum Gasteiger partial charge on any atom is -0.384 e. The number of hydrogen-bond acceptors (Lipinski definition) is 6. The maximum absolute atomic E-state index is 7.57. The fourth-order valence-corrected chi connectivity index (χ4v) is 2.64. The van der Waals surface area contributed by atoms with Gasteiger partial charge in [-0.2, -0.15) is 5.10 Å². The molecule has 2 aliphatic rings. The summed E-state index contributed by atoms with van der Waals surface area (Å²) in [6, 6.07) is 0. The maximum Gasteiger partial charge on any atom is 0.0492 e. The van der Waals surface area contributed by atoms with Gasteiger partial charge in [0.15, 0.2) is 0 Å². The topological polar surface area (TPSA) is 84.7 Å². The number of nitrogens with zero attached hydrogens (tertiary/aromatic N) is 2. The van der Waals surface area contributed by atoms with Crippen LogP contribution in [-0.4, -0.2) is 38.8 Å². The largest absolute Gasteiger partial charge is 0.384 e. The Morgan fingerprint density at radius 1 is 1.48 bits per heavy atom. The quantitative estimate of drug-likeness (QED) is 0.564. The lowest BCUT2D eigenvalue weighted by Crippen LogP contribution is -2.33. The number of nitrogens with one attached hydrogen (secondary N) is 4. The third-order valence-corrected chi connectivity index (χ3v) is 3.99. The first kappa shape index (κ1) is 16.9. The van der Waals surface area contributed by atoms with Gasteiger partial charge in [0.05, 0.1) is 0 Å². The van der Waals surface area contributed by atoms with E-state index in [0.29, 0.717) is 11.5 Å². The minimum absolute atomic E-state index is 0.629. The molecule has 2 aliphatic heterocycles. The van der Waals surface area contributed by atoms with Gasteiger partial charge in [-0.25, -0.2) is 0 Å². The van der Waals surface area contributed by atoms with E-state index in [0.717, 1.165) is 36.5 Å². The van der Waals surface area contributed by atoms with Crippen molar-refractivity contribution in [2.75, 3.05) is 19.6 Å². The molecule has 6 nitrogen and oxygen atoms in total. The van der Waals surface area contributed by atoms with Crippen LogP contribution in [0.25, 0.3) is 0 Å². The first-order valence-electron chi connectivity index (χ1n) is 7.76. The van der Waals surface area contributed by atoms with E-state index in [1.54, 1.807) is 18.6 Å². The van der Waals surface area contributed by atoms with Gasteiger partial charge in [0.25, 0.3) is 0 Å². The van der Waals surface area contributed by atoms with Gasteiger partial charge in [-0.15, -0.1) is 0 Å². The highest BCUT2D eigenvalue weighted by molar-refractivity contribution is 5.86. The van der Waals surface area contributed by atoms with Gasteiger partial charge in [0, 0.05) is 48.2 Å². The summed E-state index contributed by atoms with van der Waals surface area (Å²) in [5.74, 6) is 0.658. The number of allylic oxidation sites excluding steroid dienone is 3. The van der Waals surface area contributed by atoms with Crippen molar-refractivity contribution in [2.45, 2.75) is 12.8 Å². The Labute approximate surface area is 137 Å². The normalized spacial score (nSPS) is 25.7. The summed E-state index contributed by atoms with van der Waals surface area (Å²) in [6.45, 7) is 10.7. The van der Waals surface area contributed by atoms with Crippen LogP contribution in [0.3, 0.4) is 0 Å². The van der Waals surface area contributed by atoms with Crippen LogP contribution < -0.4 is 16.1 Å². The summed E-state index contributed by atoms with van der Waals surface area (Å²) >= 11 is 0. The third kappa shape index (κ3) is 4.75. The zero-order valence-electron chi connectivity index (χ0n) is 13.3. The van der Waals surface area contributed by atoms with Crippen LogP contribution >= 0.6 is 0 Å². The molecule has 0 aromatic heterocycles. The number of aliphatic imine (C=N–C) groups is 1. The first-order chi connectivity index (χ1) is 11.3. The summed E-state index contributed by atoms with van der Waals surface area (Å²) in [6.07, 6.45) is 10.5. The van der Waals surface area contributed by atoms with Crippen molar-refractivity contribution in [1.29, 1.82) is 5.41 Å². The molecule has 0 aliphatic carbocycles. The summed E-state index contributed by atoms with van der Waals surface area (Å²) in [7, 11) is 0. The van der Waals surface area contributed by atoms with Crippen molar-refractivity contribution in [3.05, 3.63) is 47.5 Å². The summed E-state index contributed by atoms with van der Waals surface area (Å²) in [5.41, 5.74) is 5.94. The van der Waals surface area contributed by atoms with Gasteiger partial charge in [-0.1, -0.05) is 6.58 Å².